The first-order chi connectivity index (χ1) is 15.1. The van der Waals surface area contributed by atoms with Gasteiger partial charge < -0.3 is 15.3 Å². The van der Waals surface area contributed by atoms with Crippen molar-refractivity contribution in [3.8, 4) is 27.4 Å². The molecule has 0 spiro atoms. The number of aryl methyl sites for hydroxylation is 1. The van der Waals surface area contributed by atoms with Crippen molar-refractivity contribution >= 4 is 17.2 Å². The van der Waals surface area contributed by atoms with E-state index >= 15 is 0 Å². The maximum atomic E-state index is 14.7. The standard InChI is InChI=1S/C23H26FN5OS/c1-14-25-12-22(31-14)17-10-21(30)18(9-19(17)24)20-5-6-23(28-27-20)29-8-7-15(13-29)11-26-16-3-2-4-16/h5-6,9-10,12,15-16,26,30H,2-4,7-8,11,13H2,1H3/t15-/m0/s1. The topological polar surface area (TPSA) is 74.2 Å². The highest BCUT2D eigenvalue weighted by Crippen LogP contribution is 2.37. The summed E-state index contributed by atoms with van der Waals surface area (Å²) in [7, 11) is 0. The van der Waals surface area contributed by atoms with E-state index in [4.69, 9.17) is 0 Å². The van der Waals surface area contributed by atoms with E-state index in [-0.39, 0.29) is 5.75 Å². The van der Waals surface area contributed by atoms with E-state index in [2.05, 4.69) is 25.4 Å². The molecule has 2 aliphatic rings. The Bertz CT molecular complexity index is 1070. The van der Waals surface area contributed by atoms with Gasteiger partial charge in [-0.05, 0) is 62.9 Å². The van der Waals surface area contributed by atoms with Crippen molar-refractivity contribution in [2.75, 3.05) is 24.5 Å². The third-order valence-corrected chi connectivity index (χ3v) is 7.25. The smallest absolute Gasteiger partial charge is 0.151 e. The van der Waals surface area contributed by atoms with Crippen LogP contribution >= 0.6 is 11.3 Å². The second kappa shape index (κ2) is 8.51. The summed E-state index contributed by atoms with van der Waals surface area (Å²) >= 11 is 1.39. The molecule has 31 heavy (non-hydrogen) atoms. The molecule has 1 aliphatic carbocycles. The summed E-state index contributed by atoms with van der Waals surface area (Å²) in [5.74, 6) is 1.02. The molecule has 3 aromatic rings. The van der Waals surface area contributed by atoms with Crippen LogP contribution in [-0.2, 0) is 0 Å². The van der Waals surface area contributed by atoms with Crippen LogP contribution < -0.4 is 10.2 Å². The molecule has 1 aliphatic heterocycles. The zero-order valence-electron chi connectivity index (χ0n) is 17.5. The van der Waals surface area contributed by atoms with Gasteiger partial charge in [0.1, 0.15) is 11.6 Å². The molecule has 0 bridgehead atoms. The number of rotatable bonds is 6. The van der Waals surface area contributed by atoms with Crippen LogP contribution in [0.15, 0.2) is 30.5 Å². The van der Waals surface area contributed by atoms with Crippen LogP contribution in [0.5, 0.6) is 5.75 Å². The Kier molecular flexibility index (Phi) is 5.58. The van der Waals surface area contributed by atoms with Gasteiger partial charge in [0.25, 0.3) is 0 Å². The molecule has 0 amide bonds. The van der Waals surface area contributed by atoms with Gasteiger partial charge in [0.05, 0.1) is 15.6 Å². The second-order valence-corrected chi connectivity index (χ2v) is 9.74. The van der Waals surface area contributed by atoms with Crippen LogP contribution in [0.1, 0.15) is 30.7 Å². The summed E-state index contributed by atoms with van der Waals surface area (Å²) in [6.45, 7) is 4.86. The van der Waals surface area contributed by atoms with Crippen LogP contribution in [0, 0.1) is 18.7 Å². The Morgan fingerprint density at radius 3 is 2.74 bits per heavy atom. The van der Waals surface area contributed by atoms with Gasteiger partial charge in [-0.1, -0.05) is 6.42 Å². The second-order valence-electron chi connectivity index (χ2n) is 8.51. The molecule has 1 saturated carbocycles. The van der Waals surface area contributed by atoms with Gasteiger partial charge in [0.2, 0.25) is 0 Å². The number of thiazole rings is 1. The number of nitrogens with zero attached hydrogens (tertiary/aromatic N) is 4. The van der Waals surface area contributed by atoms with Crippen LogP contribution in [0.25, 0.3) is 21.7 Å². The van der Waals surface area contributed by atoms with Crippen LogP contribution in [0.3, 0.4) is 0 Å². The number of anilines is 1. The highest BCUT2D eigenvalue weighted by atomic mass is 32.1. The van der Waals surface area contributed by atoms with Gasteiger partial charge in [-0.3, -0.25) is 0 Å². The van der Waals surface area contributed by atoms with Crippen LogP contribution in [0.4, 0.5) is 10.2 Å². The fourth-order valence-corrected chi connectivity index (χ4v) is 5.03. The van der Waals surface area contributed by atoms with Crippen molar-refractivity contribution in [2.45, 2.75) is 38.6 Å². The van der Waals surface area contributed by atoms with E-state index in [1.807, 2.05) is 13.0 Å². The average molecular weight is 440 g/mol. The SMILES string of the molecule is Cc1ncc(-c2cc(O)c(-c3ccc(N4CC[C@@H](CNC5CCC5)C4)nn3)cc2F)s1. The van der Waals surface area contributed by atoms with Gasteiger partial charge >= 0.3 is 0 Å². The molecule has 5 rings (SSSR count). The van der Waals surface area contributed by atoms with Crippen molar-refractivity contribution in [3.05, 3.63) is 41.3 Å². The highest BCUT2D eigenvalue weighted by molar-refractivity contribution is 7.15. The average Bonchev–Trinajstić information content (AvgIpc) is 3.38. The molecule has 162 valence electrons. The van der Waals surface area contributed by atoms with Crippen molar-refractivity contribution < 1.29 is 9.50 Å². The Labute approximate surface area is 185 Å². The summed E-state index contributed by atoms with van der Waals surface area (Å²) in [6, 6.07) is 7.18. The molecule has 3 heterocycles. The minimum Gasteiger partial charge on any atom is -0.507 e. The van der Waals surface area contributed by atoms with E-state index in [9.17, 15) is 9.50 Å². The molecule has 0 radical (unpaired) electrons. The van der Waals surface area contributed by atoms with Gasteiger partial charge in [0, 0.05) is 36.5 Å². The lowest BCUT2D eigenvalue weighted by Crippen LogP contribution is -2.38. The molecule has 2 aromatic heterocycles. The summed E-state index contributed by atoms with van der Waals surface area (Å²) in [6.07, 6.45) is 6.73. The maximum Gasteiger partial charge on any atom is 0.151 e. The minimum atomic E-state index is -0.413. The number of nitrogens with one attached hydrogen (secondary N) is 1. The van der Waals surface area contributed by atoms with Crippen molar-refractivity contribution in [3.63, 3.8) is 0 Å². The molecular formula is C23H26FN5OS. The van der Waals surface area contributed by atoms with Crippen LogP contribution in [-0.4, -0.2) is 46.0 Å². The fraction of sp³-hybridized carbons (Fsp3) is 0.435. The van der Waals surface area contributed by atoms with Crippen molar-refractivity contribution in [1.82, 2.24) is 20.5 Å². The van der Waals surface area contributed by atoms with Gasteiger partial charge in [-0.15, -0.1) is 21.5 Å². The number of phenolic OH excluding ortho intramolecular Hbond substituents is 1. The van der Waals surface area contributed by atoms with Gasteiger partial charge in [0.15, 0.2) is 5.82 Å². The Balaban J connectivity index is 1.28. The quantitative estimate of drug-likeness (QED) is 0.594. The Hall–Kier alpha value is -2.58. The fourth-order valence-electron chi connectivity index (χ4n) is 4.23. The first-order valence-corrected chi connectivity index (χ1v) is 11.7. The first kappa shape index (κ1) is 20.3. The number of hydrogen-bond donors (Lipinski definition) is 2. The van der Waals surface area contributed by atoms with Crippen molar-refractivity contribution in [1.29, 1.82) is 0 Å². The Morgan fingerprint density at radius 1 is 1.19 bits per heavy atom. The van der Waals surface area contributed by atoms with Crippen LogP contribution in [0.2, 0.25) is 0 Å². The minimum absolute atomic E-state index is 0.0205. The van der Waals surface area contributed by atoms with E-state index in [1.54, 1.807) is 12.3 Å². The number of aromatic hydroxyl groups is 1. The molecule has 2 fully saturated rings. The molecule has 1 atom stereocenters. The molecule has 0 unspecified atom stereocenters. The first-order valence-electron chi connectivity index (χ1n) is 10.8. The largest absolute Gasteiger partial charge is 0.507 e. The number of phenols is 1. The number of halogens is 1. The number of hydrogen-bond acceptors (Lipinski definition) is 7. The van der Waals surface area contributed by atoms with Gasteiger partial charge in [-0.25, -0.2) is 9.37 Å². The lowest BCUT2D eigenvalue weighted by Gasteiger charge is -2.28. The maximum absolute atomic E-state index is 14.7. The van der Waals surface area contributed by atoms with Gasteiger partial charge in [-0.2, -0.15) is 0 Å². The molecule has 2 N–H and O–H groups in total. The normalized spacial score (nSPS) is 19.0. The lowest BCUT2D eigenvalue weighted by molar-refractivity contribution is 0.321. The zero-order chi connectivity index (χ0) is 21.4. The van der Waals surface area contributed by atoms with E-state index < -0.39 is 5.82 Å². The molecular weight excluding hydrogens is 413 g/mol. The predicted octanol–water partition coefficient (Wildman–Crippen LogP) is 4.39. The summed E-state index contributed by atoms with van der Waals surface area (Å²) in [4.78, 5) is 7.10. The number of benzene rings is 1. The highest BCUT2D eigenvalue weighted by Gasteiger charge is 2.26. The van der Waals surface area contributed by atoms with E-state index in [0.717, 1.165) is 36.9 Å². The molecule has 6 nitrogen and oxygen atoms in total. The molecule has 1 aromatic carbocycles. The Morgan fingerprint density at radius 2 is 2.06 bits per heavy atom. The van der Waals surface area contributed by atoms with E-state index in [1.165, 1.54) is 42.7 Å². The lowest BCUT2D eigenvalue weighted by atomic mass is 9.92. The third kappa shape index (κ3) is 4.27. The summed E-state index contributed by atoms with van der Waals surface area (Å²) in [5.41, 5.74) is 1.13. The number of aromatic nitrogens is 3. The molecule has 1 saturated heterocycles. The zero-order valence-corrected chi connectivity index (χ0v) is 18.3. The van der Waals surface area contributed by atoms with Crippen molar-refractivity contribution in [2.24, 2.45) is 5.92 Å². The third-order valence-electron chi connectivity index (χ3n) is 6.31. The molecule has 8 heteroatoms. The predicted molar refractivity (Wildman–Crippen MR) is 121 cm³/mol. The monoisotopic (exact) mass is 439 g/mol. The summed E-state index contributed by atoms with van der Waals surface area (Å²) < 4.78 is 14.7. The summed E-state index contributed by atoms with van der Waals surface area (Å²) in [5, 5.41) is 23.7. The van der Waals surface area contributed by atoms with E-state index in [0.29, 0.717) is 33.7 Å².